The van der Waals surface area contributed by atoms with Gasteiger partial charge < -0.3 is 20.0 Å². The zero-order valence-corrected chi connectivity index (χ0v) is 12.5. The molecule has 3 aromatic rings. The molecule has 0 amide bonds. The molecule has 0 unspecified atom stereocenters. The Morgan fingerprint density at radius 1 is 1.30 bits per heavy atom. The van der Waals surface area contributed by atoms with Crippen LogP contribution in [0.3, 0.4) is 0 Å². The molecular formula is C16H15N5O2. The number of anilines is 1. The van der Waals surface area contributed by atoms with E-state index < -0.39 is 4.92 Å². The van der Waals surface area contributed by atoms with Crippen molar-refractivity contribution in [2.24, 2.45) is 0 Å². The molecular weight excluding hydrogens is 294 g/mol. The smallest absolute Gasteiger partial charge is 0.363 e. The zero-order valence-electron chi connectivity index (χ0n) is 12.5. The first kappa shape index (κ1) is 14.7. The van der Waals surface area contributed by atoms with E-state index in [1.165, 1.54) is 12.3 Å². The molecule has 3 rings (SSSR count). The van der Waals surface area contributed by atoms with E-state index in [2.05, 4.69) is 21.4 Å². The molecule has 1 aromatic carbocycles. The van der Waals surface area contributed by atoms with Gasteiger partial charge in [0.1, 0.15) is 0 Å². The molecule has 7 nitrogen and oxygen atoms in total. The van der Waals surface area contributed by atoms with Crippen LogP contribution in [0.2, 0.25) is 0 Å². The summed E-state index contributed by atoms with van der Waals surface area (Å²) in [5.41, 5.74) is 2.85. The number of benzene rings is 1. The SMILES string of the molecule is C[C@@H](Nc1ccc([N+](=O)[O-])nc1)c1cccc(-n2ccnc2)c1. The summed E-state index contributed by atoms with van der Waals surface area (Å²) in [6, 6.07) is 11.2. The third-order valence-corrected chi connectivity index (χ3v) is 3.49. The van der Waals surface area contributed by atoms with Crippen molar-refractivity contribution >= 4 is 11.5 Å². The van der Waals surface area contributed by atoms with Gasteiger partial charge in [-0.1, -0.05) is 12.1 Å². The van der Waals surface area contributed by atoms with Gasteiger partial charge in [-0.05, 0) is 40.6 Å². The van der Waals surface area contributed by atoms with Crippen LogP contribution in [0.15, 0.2) is 61.3 Å². The summed E-state index contributed by atoms with van der Waals surface area (Å²) < 4.78 is 1.93. The number of nitro groups is 1. The second-order valence-electron chi connectivity index (χ2n) is 5.09. The van der Waals surface area contributed by atoms with Gasteiger partial charge in [-0.25, -0.2) is 4.98 Å². The normalized spacial score (nSPS) is 11.9. The molecule has 0 aliphatic rings. The van der Waals surface area contributed by atoms with Crippen molar-refractivity contribution in [1.82, 2.24) is 14.5 Å². The minimum absolute atomic E-state index is 0.0294. The van der Waals surface area contributed by atoms with Gasteiger partial charge in [0.05, 0.1) is 12.0 Å². The fourth-order valence-corrected chi connectivity index (χ4v) is 2.28. The molecule has 116 valence electrons. The number of nitrogens with zero attached hydrogens (tertiary/aromatic N) is 4. The molecule has 2 aromatic heterocycles. The van der Waals surface area contributed by atoms with Crippen LogP contribution in [0.4, 0.5) is 11.5 Å². The van der Waals surface area contributed by atoms with Gasteiger partial charge in [-0.3, -0.25) is 0 Å². The van der Waals surface area contributed by atoms with E-state index in [4.69, 9.17) is 0 Å². The minimum Gasteiger partial charge on any atom is -0.375 e. The Labute approximate surface area is 132 Å². The quantitative estimate of drug-likeness (QED) is 0.577. The lowest BCUT2D eigenvalue weighted by Crippen LogP contribution is -2.07. The van der Waals surface area contributed by atoms with Crippen molar-refractivity contribution in [2.75, 3.05) is 5.32 Å². The maximum atomic E-state index is 10.6. The highest BCUT2D eigenvalue weighted by atomic mass is 16.6. The summed E-state index contributed by atoms with van der Waals surface area (Å²) in [7, 11) is 0. The summed E-state index contributed by atoms with van der Waals surface area (Å²) in [5.74, 6) is -0.162. The minimum atomic E-state index is -0.512. The van der Waals surface area contributed by atoms with Crippen LogP contribution in [-0.4, -0.2) is 19.5 Å². The number of hydrogen-bond donors (Lipinski definition) is 1. The van der Waals surface area contributed by atoms with Crippen LogP contribution >= 0.6 is 0 Å². The van der Waals surface area contributed by atoms with E-state index >= 15 is 0 Å². The van der Waals surface area contributed by atoms with E-state index in [1.807, 2.05) is 35.9 Å². The van der Waals surface area contributed by atoms with Gasteiger partial charge in [0.2, 0.25) is 0 Å². The molecule has 0 aliphatic heterocycles. The van der Waals surface area contributed by atoms with Crippen LogP contribution in [0, 0.1) is 10.1 Å². The van der Waals surface area contributed by atoms with Crippen LogP contribution in [0.1, 0.15) is 18.5 Å². The van der Waals surface area contributed by atoms with Crippen LogP contribution in [0.5, 0.6) is 0 Å². The Kier molecular flexibility index (Phi) is 4.01. The lowest BCUT2D eigenvalue weighted by atomic mass is 10.1. The standard InChI is InChI=1S/C16H15N5O2/c1-12(19-14-5-6-16(18-10-14)21(22)23)13-3-2-4-15(9-13)20-8-7-17-11-20/h2-12,19H,1H3/t12-/m1/s1. The molecule has 0 spiro atoms. The number of aromatic nitrogens is 3. The van der Waals surface area contributed by atoms with Crippen molar-refractivity contribution in [3.63, 3.8) is 0 Å². The highest BCUT2D eigenvalue weighted by Crippen LogP contribution is 2.22. The van der Waals surface area contributed by atoms with Gasteiger partial charge in [0.25, 0.3) is 0 Å². The average molecular weight is 309 g/mol. The molecule has 23 heavy (non-hydrogen) atoms. The molecule has 0 radical (unpaired) electrons. The summed E-state index contributed by atoms with van der Waals surface area (Å²) in [6.45, 7) is 2.02. The Morgan fingerprint density at radius 2 is 2.17 bits per heavy atom. The van der Waals surface area contributed by atoms with Crippen LogP contribution in [-0.2, 0) is 0 Å². The van der Waals surface area contributed by atoms with Crippen molar-refractivity contribution in [3.05, 3.63) is 77.0 Å². The van der Waals surface area contributed by atoms with Crippen LogP contribution < -0.4 is 5.32 Å². The van der Waals surface area contributed by atoms with Crippen molar-refractivity contribution < 1.29 is 4.92 Å². The topological polar surface area (TPSA) is 85.9 Å². The molecule has 0 saturated carbocycles. The first-order chi connectivity index (χ1) is 11.1. The number of hydrogen-bond acceptors (Lipinski definition) is 5. The second kappa shape index (κ2) is 6.27. The van der Waals surface area contributed by atoms with Gasteiger partial charge in [0.15, 0.2) is 6.20 Å². The number of imidazole rings is 1. The van der Waals surface area contributed by atoms with E-state index in [0.717, 1.165) is 16.9 Å². The van der Waals surface area contributed by atoms with Gasteiger partial charge >= 0.3 is 5.82 Å². The molecule has 7 heteroatoms. The third-order valence-electron chi connectivity index (χ3n) is 3.49. The number of rotatable bonds is 5. The zero-order chi connectivity index (χ0) is 16.2. The highest BCUT2D eigenvalue weighted by Gasteiger charge is 2.10. The first-order valence-corrected chi connectivity index (χ1v) is 7.09. The van der Waals surface area contributed by atoms with Crippen molar-refractivity contribution in [2.45, 2.75) is 13.0 Å². The number of pyridine rings is 1. The fraction of sp³-hybridized carbons (Fsp3) is 0.125. The molecule has 0 aliphatic carbocycles. The van der Waals surface area contributed by atoms with Crippen LogP contribution in [0.25, 0.3) is 5.69 Å². The van der Waals surface area contributed by atoms with E-state index in [1.54, 1.807) is 18.6 Å². The Bertz CT molecular complexity index is 800. The molecule has 1 atom stereocenters. The molecule has 0 bridgehead atoms. The lowest BCUT2D eigenvalue weighted by Gasteiger charge is -2.16. The fourth-order valence-electron chi connectivity index (χ4n) is 2.28. The maximum absolute atomic E-state index is 10.6. The Morgan fingerprint density at radius 3 is 2.83 bits per heavy atom. The van der Waals surface area contributed by atoms with E-state index in [0.29, 0.717) is 0 Å². The molecule has 0 saturated heterocycles. The molecule has 1 N–H and O–H groups in total. The summed E-state index contributed by atoms with van der Waals surface area (Å²) >= 11 is 0. The largest absolute Gasteiger partial charge is 0.375 e. The summed E-state index contributed by atoms with van der Waals surface area (Å²) in [5, 5.41) is 13.9. The molecule has 2 heterocycles. The first-order valence-electron chi connectivity index (χ1n) is 7.09. The average Bonchev–Trinajstić information content (AvgIpc) is 3.10. The Hall–Kier alpha value is -3.22. The van der Waals surface area contributed by atoms with E-state index in [9.17, 15) is 10.1 Å². The predicted molar refractivity (Wildman–Crippen MR) is 86.5 cm³/mol. The number of nitrogens with one attached hydrogen (secondary N) is 1. The second-order valence-corrected chi connectivity index (χ2v) is 5.09. The predicted octanol–water partition coefficient (Wildman–Crippen LogP) is 3.35. The maximum Gasteiger partial charge on any atom is 0.363 e. The highest BCUT2D eigenvalue weighted by molar-refractivity contribution is 5.47. The molecule has 0 fully saturated rings. The van der Waals surface area contributed by atoms with Crippen molar-refractivity contribution in [1.29, 1.82) is 0 Å². The Balaban J connectivity index is 1.76. The van der Waals surface area contributed by atoms with E-state index in [-0.39, 0.29) is 11.9 Å². The van der Waals surface area contributed by atoms with Gasteiger partial charge in [-0.2, -0.15) is 0 Å². The van der Waals surface area contributed by atoms with Gasteiger partial charge in [0, 0.05) is 30.2 Å². The van der Waals surface area contributed by atoms with Gasteiger partial charge in [-0.15, -0.1) is 0 Å². The van der Waals surface area contributed by atoms with Crippen molar-refractivity contribution in [3.8, 4) is 5.69 Å². The third kappa shape index (κ3) is 3.34. The lowest BCUT2D eigenvalue weighted by molar-refractivity contribution is -0.389. The summed E-state index contributed by atoms with van der Waals surface area (Å²) in [6.07, 6.45) is 6.83. The summed E-state index contributed by atoms with van der Waals surface area (Å²) in [4.78, 5) is 18.0. The monoisotopic (exact) mass is 309 g/mol.